The first-order chi connectivity index (χ1) is 16.7. The molecule has 0 fully saturated rings. The molecule has 6 nitrogen and oxygen atoms in total. The standard InChI is InChI=1S/C29H28N2O4/c1-17(2)35-29(33)21-6-10-22(11-7-21)30-28(32)25-16-26(20-8-12-23(34-5)13-9-20)31-27-19(4)14-18(3)15-24(25)27/h6-17H,1-5H3,(H,30,32). The zero-order valence-corrected chi connectivity index (χ0v) is 20.5. The van der Waals surface area contributed by atoms with Crippen LogP contribution in [0.3, 0.4) is 0 Å². The third-order valence-corrected chi connectivity index (χ3v) is 5.60. The molecule has 0 unspecified atom stereocenters. The maximum absolute atomic E-state index is 13.4. The van der Waals surface area contributed by atoms with Crippen LogP contribution in [0.1, 0.15) is 45.7 Å². The van der Waals surface area contributed by atoms with E-state index in [0.29, 0.717) is 22.5 Å². The summed E-state index contributed by atoms with van der Waals surface area (Å²) in [5.74, 6) is 0.0998. The maximum Gasteiger partial charge on any atom is 0.338 e. The molecule has 0 saturated heterocycles. The Morgan fingerprint density at radius 2 is 1.60 bits per heavy atom. The van der Waals surface area contributed by atoms with Gasteiger partial charge in [-0.15, -0.1) is 0 Å². The summed E-state index contributed by atoms with van der Waals surface area (Å²) >= 11 is 0. The number of esters is 1. The van der Waals surface area contributed by atoms with E-state index in [1.54, 1.807) is 45.2 Å². The van der Waals surface area contributed by atoms with Gasteiger partial charge in [0.25, 0.3) is 5.91 Å². The second-order valence-electron chi connectivity index (χ2n) is 8.75. The molecule has 178 valence electrons. The molecule has 0 spiro atoms. The average molecular weight is 469 g/mol. The number of hydrogen-bond donors (Lipinski definition) is 1. The summed E-state index contributed by atoms with van der Waals surface area (Å²) in [6, 6.07) is 20.1. The number of nitrogens with one attached hydrogen (secondary N) is 1. The number of carbonyl (C=O) groups excluding carboxylic acids is 2. The van der Waals surface area contributed by atoms with E-state index in [4.69, 9.17) is 14.5 Å². The second kappa shape index (κ2) is 9.97. The lowest BCUT2D eigenvalue weighted by Gasteiger charge is -2.13. The molecule has 4 aromatic rings. The van der Waals surface area contributed by atoms with Crippen molar-refractivity contribution in [2.45, 2.75) is 33.8 Å². The smallest absolute Gasteiger partial charge is 0.338 e. The topological polar surface area (TPSA) is 77.5 Å². The van der Waals surface area contributed by atoms with Crippen molar-refractivity contribution in [3.63, 3.8) is 0 Å². The predicted molar refractivity (Wildman–Crippen MR) is 138 cm³/mol. The van der Waals surface area contributed by atoms with Crippen LogP contribution < -0.4 is 10.1 Å². The lowest BCUT2D eigenvalue weighted by molar-refractivity contribution is 0.0378. The molecule has 0 atom stereocenters. The average Bonchev–Trinajstić information content (AvgIpc) is 2.83. The summed E-state index contributed by atoms with van der Waals surface area (Å²) in [4.78, 5) is 30.4. The van der Waals surface area contributed by atoms with Gasteiger partial charge in [-0.05, 0) is 93.9 Å². The first kappa shape index (κ1) is 24.0. The number of fused-ring (bicyclic) bond motifs is 1. The third kappa shape index (κ3) is 5.32. The van der Waals surface area contributed by atoms with Gasteiger partial charge in [0.05, 0.1) is 35.6 Å². The van der Waals surface area contributed by atoms with Crippen molar-refractivity contribution >= 4 is 28.5 Å². The number of methoxy groups -OCH3 is 1. The monoisotopic (exact) mass is 468 g/mol. The number of hydrogen-bond acceptors (Lipinski definition) is 5. The number of aromatic nitrogens is 1. The summed E-state index contributed by atoms with van der Waals surface area (Å²) < 4.78 is 10.5. The molecule has 1 amide bonds. The summed E-state index contributed by atoms with van der Waals surface area (Å²) in [5.41, 5.74) is 5.94. The van der Waals surface area contributed by atoms with Crippen LogP contribution in [-0.2, 0) is 4.74 Å². The van der Waals surface area contributed by atoms with Gasteiger partial charge in [-0.3, -0.25) is 4.79 Å². The fraction of sp³-hybridized carbons (Fsp3) is 0.207. The van der Waals surface area contributed by atoms with Crippen molar-refractivity contribution in [3.05, 3.63) is 89.0 Å². The van der Waals surface area contributed by atoms with E-state index in [-0.39, 0.29) is 12.0 Å². The van der Waals surface area contributed by atoms with Crippen LogP contribution in [0.4, 0.5) is 5.69 Å². The molecule has 1 heterocycles. The minimum absolute atomic E-state index is 0.200. The quantitative estimate of drug-likeness (QED) is 0.334. The van der Waals surface area contributed by atoms with Crippen molar-refractivity contribution in [2.24, 2.45) is 0 Å². The molecule has 0 radical (unpaired) electrons. The Labute approximate surface area is 204 Å². The molecule has 0 saturated carbocycles. The highest BCUT2D eigenvalue weighted by Crippen LogP contribution is 2.29. The second-order valence-corrected chi connectivity index (χ2v) is 8.75. The highest BCUT2D eigenvalue weighted by Gasteiger charge is 2.17. The van der Waals surface area contributed by atoms with E-state index >= 15 is 0 Å². The van der Waals surface area contributed by atoms with Crippen LogP contribution in [0.15, 0.2) is 66.7 Å². The van der Waals surface area contributed by atoms with Crippen molar-refractivity contribution in [1.82, 2.24) is 4.98 Å². The summed E-state index contributed by atoms with van der Waals surface area (Å²) in [7, 11) is 1.62. The first-order valence-electron chi connectivity index (χ1n) is 11.4. The molecule has 3 aromatic carbocycles. The number of nitrogens with zero attached hydrogens (tertiary/aromatic N) is 1. The van der Waals surface area contributed by atoms with Gasteiger partial charge < -0.3 is 14.8 Å². The minimum Gasteiger partial charge on any atom is -0.497 e. The molecular formula is C29H28N2O4. The van der Waals surface area contributed by atoms with Crippen LogP contribution in [-0.4, -0.2) is 30.1 Å². The SMILES string of the molecule is COc1ccc(-c2cc(C(=O)Nc3ccc(C(=O)OC(C)C)cc3)c3cc(C)cc(C)c3n2)cc1. The molecule has 35 heavy (non-hydrogen) atoms. The predicted octanol–water partition coefficient (Wildman–Crippen LogP) is 6.34. The third-order valence-electron chi connectivity index (χ3n) is 5.60. The van der Waals surface area contributed by atoms with Gasteiger partial charge in [-0.25, -0.2) is 9.78 Å². The molecule has 1 N–H and O–H groups in total. The molecule has 0 aliphatic rings. The van der Waals surface area contributed by atoms with Crippen molar-refractivity contribution in [1.29, 1.82) is 0 Å². The van der Waals surface area contributed by atoms with Gasteiger partial charge in [0.15, 0.2) is 0 Å². The lowest BCUT2D eigenvalue weighted by Crippen LogP contribution is -2.14. The van der Waals surface area contributed by atoms with E-state index < -0.39 is 5.97 Å². The van der Waals surface area contributed by atoms with Crippen LogP contribution >= 0.6 is 0 Å². The van der Waals surface area contributed by atoms with Crippen molar-refractivity contribution < 1.29 is 19.1 Å². The van der Waals surface area contributed by atoms with Gasteiger partial charge in [0, 0.05) is 16.6 Å². The normalized spacial score (nSPS) is 10.9. The van der Waals surface area contributed by atoms with Crippen LogP contribution in [0.25, 0.3) is 22.2 Å². The Hall–Kier alpha value is -4.19. The van der Waals surface area contributed by atoms with Gasteiger partial charge in [0.2, 0.25) is 0 Å². The Morgan fingerprint density at radius 3 is 2.23 bits per heavy atom. The molecule has 4 rings (SSSR count). The Balaban J connectivity index is 1.71. The molecule has 0 bridgehead atoms. The van der Waals surface area contributed by atoms with Gasteiger partial charge in [-0.2, -0.15) is 0 Å². The summed E-state index contributed by atoms with van der Waals surface area (Å²) in [6.45, 7) is 7.60. The van der Waals surface area contributed by atoms with Crippen LogP contribution in [0.5, 0.6) is 5.75 Å². The highest BCUT2D eigenvalue weighted by molar-refractivity contribution is 6.13. The lowest BCUT2D eigenvalue weighted by atomic mass is 9.99. The van der Waals surface area contributed by atoms with Crippen molar-refractivity contribution in [3.8, 4) is 17.0 Å². The number of pyridine rings is 1. The Kier molecular flexibility index (Phi) is 6.82. The number of anilines is 1. The minimum atomic E-state index is -0.395. The zero-order valence-electron chi connectivity index (χ0n) is 20.5. The molecule has 0 aliphatic carbocycles. The number of benzene rings is 3. The number of amides is 1. The Morgan fingerprint density at radius 1 is 0.914 bits per heavy atom. The van der Waals surface area contributed by atoms with Gasteiger partial charge >= 0.3 is 5.97 Å². The molecule has 0 aliphatic heterocycles. The molecular weight excluding hydrogens is 440 g/mol. The molecule has 1 aromatic heterocycles. The largest absolute Gasteiger partial charge is 0.497 e. The van der Waals surface area contributed by atoms with E-state index in [2.05, 4.69) is 11.4 Å². The highest BCUT2D eigenvalue weighted by atomic mass is 16.5. The molecule has 6 heteroatoms. The number of ether oxygens (including phenoxy) is 2. The summed E-state index contributed by atoms with van der Waals surface area (Å²) in [6.07, 6.45) is -0.200. The van der Waals surface area contributed by atoms with E-state index in [9.17, 15) is 9.59 Å². The summed E-state index contributed by atoms with van der Waals surface area (Å²) in [5, 5.41) is 3.74. The first-order valence-corrected chi connectivity index (χ1v) is 11.4. The fourth-order valence-corrected chi connectivity index (χ4v) is 3.95. The Bertz CT molecular complexity index is 1390. The number of carbonyl (C=O) groups is 2. The van der Waals surface area contributed by atoms with Crippen LogP contribution in [0, 0.1) is 13.8 Å². The van der Waals surface area contributed by atoms with Gasteiger partial charge in [-0.1, -0.05) is 11.6 Å². The zero-order chi connectivity index (χ0) is 25.1. The van der Waals surface area contributed by atoms with Gasteiger partial charge in [0.1, 0.15) is 5.75 Å². The number of aryl methyl sites for hydroxylation is 2. The van der Waals surface area contributed by atoms with Crippen molar-refractivity contribution in [2.75, 3.05) is 12.4 Å². The van der Waals surface area contributed by atoms with E-state index in [0.717, 1.165) is 33.3 Å². The van der Waals surface area contributed by atoms with E-state index in [1.807, 2.05) is 50.2 Å². The fourth-order valence-electron chi connectivity index (χ4n) is 3.95. The number of rotatable bonds is 6. The van der Waals surface area contributed by atoms with E-state index in [1.165, 1.54) is 0 Å². The maximum atomic E-state index is 13.4. The van der Waals surface area contributed by atoms with Crippen LogP contribution in [0.2, 0.25) is 0 Å².